The lowest BCUT2D eigenvalue weighted by Crippen LogP contribution is -2.23. The van der Waals surface area contributed by atoms with Crippen LogP contribution in [0.15, 0.2) is 23.1 Å². The van der Waals surface area contributed by atoms with Crippen LogP contribution in [0.3, 0.4) is 0 Å². The van der Waals surface area contributed by atoms with Crippen LogP contribution >= 0.6 is 0 Å². The Morgan fingerprint density at radius 2 is 2.12 bits per heavy atom. The third-order valence-corrected chi connectivity index (χ3v) is 4.95. The van der Waals surface area contributed by atoms with Gasteiger partial charge in [0, 0.05) is 16.7 Å². The molecule has 2 unspecified atom stereocenters. The predicted molar refractivity (Wildman–Crippen MR) is 72.9 cm³/mol. The molecule has 0 saturated carbocycles. The van der Waals surface area contributed by atoms with Crippen LogP contribution in [0, 0.1) is 0 Å². The van der Waals surface area contributed by atoms with Crippen LogP contribution in [0.5, 0.6) is 0 Å². The van der Waals surface area contributed by atoms with Gasteiger partial charge in [0.25, 0.3) is 0 Å². The predicted octanol–water partition coefficient (Wildman–Crippen LogP) is 2.28. The first-order valence-corrected chi connectivity index (χ1v) is 7.70. The van der Waals surface area contributed by atoms with Crippen molar-refractivity contribution in [2.75, 3.05) is 12.8 Å². The molecule has 1 aromatic carbocycles. The second-order valence-corrected chi connectivity index (χ2v) is 6.38. The highest BCUT2D eigenvalue weighted by Gasteiger charge is 2.13. The molecule has 1 aliphatic rings. The Kier molecular flexibility index (Phi) is 4.35. The average molecular weight is 251 g/mol. The van der Waals surface area contributed by atoms with Gasteiger partial charge in [-0.1, -0.05) is 6.07 Å². The van der Waals surface area contributed by atoms with E-state index >= 15 is 0 Å². The maximum absolute atomic E-state index is 12.1. The molecule has 94 valence electrons. The van der Waals surface area contributed by atoms with Gasteiger partial charge in [0.05, 0.1) is 10.8 Å². The minimum Gasteiger partial charge on any atom is -0.317 e. The van der Waals surface area contributed by atoms with Gasteiger partial charge in [-0.05, 0) is 62.9 Å². The summed E-state index contributed by atoms with van der Waals surface area (Å²) in [5, 5.41) is 3.18. The minimum atomic E-state index is -0.838. The standard InChI is InChI=1S/C14H21NOS/c1-11(15-2)8-9-17(16)14-7-6-12-4-3-5-13(12)10-14/h6-7,10-11,15H,3-5,8-9H2,1-2H3. The normalized spacial score (nSPS) is 17.8. The largest absolute Gasteiger partial charge is 0.317 e. The highest BCUT2D eigenvalue weighted by molar-refractivity contribution is 7.85. The SMILES string of the molecule is CNC(C)CCS(=O)c1ccc2c(c1)CCC2. The number of fused-ring (bicyclic) bond motifs is 1. The first-order chi connectivity index (χ1) is 8.20. The van der Waals surface area contributed by atoms with Gasteiger partial charge >= 0.3 is 0 Å². The molecule has 0 amide bonds. The van der Waals surface area contributed by atoms with E-state index in [1.807, 2.05) is 13.1 Å². The van der Waals surface area contributed by atoms with Crippen LogP contribution in [0.2, 0.25) is 0 Å². The zero-order chi connectivity index (χ0) is 12.3. The van der Waals surface area contributed by atoms with Gasteiger partial charge in [-0.2, -0.15) is 0 Å². The van der Waals surface area contributed by atoms with Crippen LogP contribution in [0.4, 0.5) is 0 Å². The summed E-state index contributed by atoms with van der Waals surface area (Å²) >= 11 is 0. The summed E-state index contributed by atoms with van der Waals surface area (Å²) in [7, 11) is 1.11. The molecular formula is C14H21NOS. The van der Waals surface area contributed by atoms with Crippen molar-refractivity contribution in [1.29, 1.82) is 0 Å². The number of benzene rings is 1. The second-order valence-electron chi connectivity index (χ2n) is 4.81. The molecule has 2 atom stereocenters. The third-order valence-electron chi connectivity index (χ3n) is 3.56. The first-order valence-electron chi connectivity index (χ1n) is 6.38. The quantitative estimate of drug-likeness (QED) is 0.870. The fraction of sp³-hybridized carbons (Fsp3) is 0.571. The van der Waals surface area contributed by atoms with Crippen molar-refractivity contribution in [2.24, 2.45) is 0 Å². The van der Waals surface area contributed by atoms with E-state index in [2.05, 4.69) is 24.4 Å². The average Bonchev–Trinajstić information content (AvgIpc) is 2.82. The van der Waals surface area contributed by atoms with Crippen molar-refractivity contribution in [1.82, 2.24) is 5.32 Å². The molecule has 0 fully saturated rings. The zero-order valence-corrected chi connectivity index (χ0v) is 11.5. The maximum Gasteiger partial charge on any atom is 0.0530 e. The van der Waals surface area contributed by atoms with E-state index in [9.17, 15) is 4.21 Å². The molecule has 0 spiro atoms. The van der Waals surface area contributed by atoms with Gasteiger partial charge in [0.15, 0.2) is 0 Å². The maximum atomic E-state index is 12.1. The number of hydrogen-bond acceptors (Lipinski definition) is 2. The van der Waals surface area contributed by atoms with Crippen LogP contribution < -0.4 is 5.32 Å². The van der Waals surface area contributed by atoms with E-state index in [1.54, 1.807) is 0 Å². The summed E-state index contributed by atoms with van der Waals surface area (Å²) < 4.78 is 12.1. The molecule has 0 heterocycles. The van der Waals surface area contributed by atoms with Crippen molar-refractivity contribution in [3.63, 3.8) is 0 Å². The molecule has 1 N–H and O–H groups in total. The van der Waals surface area contributed by atoms with Crippen LogP contribution in [-0.4, -0.2) is 23.1 Å². The Morgan fingerprint density at radius 3 is 2.88 bits per heavy atom. The number of aryl methyl sites for hydroxylation is 2. The lowest BCUT2D eigenvalue weighted by Gasteiger charge is -2.10. The molecule has 0 saturated heterocycles. The molecule has 0 bridgehead atoms. The molecule has 1 aliphatic carbocycles. The van der Waals surface area contributed by atoms with E-state index in [4.69, 9.17) is 0 Å². The van der Waals surface area contributed by atoms with E-state index in [-0.39, 0.29) is 0 Å². The Balaban J connectivity index is 2.00. The van der Waals surface area contributed by atoms with Gasteiger partial charge in [-0.3, -0.25) is 4.21 Å². The fourth-order valence-electron chi connectivity index (χ4n) is 2.24. The van der Waals surface area contributed by atoms with Crippen molar-refractivity contribution in [3.05, 3.63) is 29.3 Å². The van der Waals surface area contributed by atoms with Gasteiger partial charge in [-0.25, -0.2) is 0 Å². The monoisotopic (exact) mass is 251 g/mol. The molecule has 17 heavy (non-hydrogen) atoms. The Hall–Kier alpha value is -0.670. The van der Waals surface area contributed by atoms with E-state index in [0.717, 1.165) is 23.5 Å². The summed E-state index contributed by atoms with van der Waals surface area (Å²) in [6.07, 6.45) is 4.56. The van der Waals surface area contributed by atoms with Crippen LogP contribution in [0.25, 0.3) is 0 Å². The summed E-state index contributed by atoms with van der Waals surface area (Å²) in [6.45, 7) is 2.12. The minimum absolute atomic E-state index is 0.438. The Labute approximate surface area is 106 Å². The van der Waals surface area contributed by atoms with Gasteiger partial charge in [0.1, 0.15) is 0 Å². The molecule has 2 nitrogen and oxygen atoms in total. The van der Waals surface area contributed by atoms with Gasteiger partial charge < -0.3 is 5.32 Å². The number of hydrogen-bond donors (Lipinski definition) is 1. The summed E-state index contributed by atoms with van der Waals surface area (Å²) in [5.74, 6) is 0.751. The van der Waals surface area contributed by atoms with E-state index < -0.39 is 10.8 Å². The molecular weight excluding hydrogens is 230 g/mol. The first kappa shape index (κ1) is 12.8. The van der Waals surface area contributed by atoms with Gasteiger partial charge in [0.2, 0.25) is 0 Å². The van der Waals surface area contributed by atoms with Crippen LogP contribution in [-0.2, 0) is 23.6 Å². The van der Waals surface area contributed by atoms with Crippen molar-refractivity contribution < 1.29 is 4.21 Å². The van der Waals surface area contributed by atoms with Gasteiger partial charge in [-0.15, -0.1) is 0 Å². The zero-order valence-electron chi connectivity index (χ0n) is 10.7. The van der Waals surface area contributed by atoms with E-state index in [1.165, 1.54) is 24.0 Å². The summed E-state index contributed by atoms with van der Waals surface area (Å²) in [5.41, 5.74) is 2.87. The Morgan fingerprint density at radius 1 is 1.35 bits per heavy atom. The summed E-state index contributed by atoms with van der Waals surface area (Å²) in [4.78, 5) is 1.01. The number of nitrogens with one attached hydrogen (secondary N) is 1. The highest BCUT2D eigenvalue weighted by atomic mass is 32.2. The molecule has 3 heteroatoms. The smallest absolute Gasteiger partial charge is 0.0530 e. The van der Waals surface area contributed by atoms with Crippen LogP contribution in [0.1, 0.15) is 30.9 Å². The third kappa shape index (κ3) is 3.17. The second kappa shape index (κ2) is 5.78. The molecule has 1 aromatic rings. The molecule has 0 radical (unpaired) electrons. The van der Waals surface area contributed by atoms with Crippen molar-refractivity contribution in [2.45, 2.75) is 43.5 Å². The Bertz CT molecular complexity index is 417. The fourth-order valence-corrected chi connectivity index (χ4v) is 3.53. The molecule has 0 aliphatic heterocycles. The number of rotatable bonds is 5. The molecule has 0 aromatic heterocycles. The summed E-state index contributed by atoms with van der Waals surface area (Å²) in [6, 6.07) is 6.80. The lowest BCUT2D eigenvalue weighted by atomic mass is 10.1. The highest BCUT2D eigenvalue weighted by Crippen LogP contribution is 2.24. The molecule has 2 rings (SSSR count). The van der Waals surface area contributed by atoms with Crippen molar-refractivity contribution in [3.8, 4) is 0 Å². The topological polar surface area (TPSA) is 29.1 Å². The lowest BCUT2D eigenvalue weighted by molar-refractivity contribution is 0.591. The van der Waals surface area contributed by atoms with E-state index in [0.29, 0.717) is 6.04 Å². The van der Waals surface area contributed by atoms with Crippen molar-refractivity contribution >= 4 is 10.8 Å².